The Balaban J connectivity index is 2.99. The van der Waals surface area contributed by atoms with Crippen molar-refractivity contribution < 1.29 is 35.9 Å². The van der Waals surface area contributed by atoms with Gasteiger partial charge in [0.2, 0.25) is 6.41 Å². The molecule has 2 amide bonds. The van der Waals surface area contributed by atoms with Gasteiger partial charge in [0.1, 0.15) is 11.5 Å². The van der Waals surface area contributed by atoms with Gasteiger partial charge >= 0.3 is 11.6 Å². The van der Waals surface area contributed by atoms with E-state index >= 15 is 0 Å². The first-order chi connectivity index (χ1) is 12.3. The van der Waals surface area contributed by atoms with E-state index in [4.69, 9.17) is 11.6 Å². The first-order valence-electron chi connectivity index (χ1n) is 7.40. The maximum Gasteiger partial charge on any atom is 0.416 e. The molecule has 0 radical (unpaired) electrons. The van der Waals surface area contributed by atoms with Gasteiger partial charge in [0.15, 0.2) is 0 Å². The van der Waals surface area contributed by atoms with Gasteiger partial charge in [0.25, 0.3) is 5.91 Å². The van der Waals surface area contributed by atoms with Crippen LogP contribution in [0.5, 0.6) is 0 Å². The minimum absolute atomic E-state index is 0.0491. The SMILES string of the molecule is CN/C(=C(/C)C(=O)N(C=O)CCc1ccc(C(F)(F)F)cc1F)C(F)(F)Cl. The Morgan fingerprint density at radius 3 is 2.26 bits per heavy atom. The van der Waals surface area contributed by atoms with Crippen molar-refractivity contribution in [1.29, 1.82) is 0 Å². The summed E-state index contributed by atoms with van der Waals surface area (Å²) in [5.74, 6) is -2.28. The molecule has 0 saturated heterocycles. The van der Waals surface area contributed by atoms with Gasteiger partial charge in [-0.2, -0.15) is 22.0 Å². The second-order valence-corrected chi connectivity index (χ2v) is 5.88. The molecule has 0 aliphatic carbocycles. The molecule has 0 atom stereocenters. The fourth-order valence-corrected chi connectivity index (χ4v) is 2.47. The Bertz CT molecular complexity index is 743. The first-order valence-corrected chi connectivity index (χ1v) is 7.78. The minimum atomic E-state index is -4.72. The molecule has 11 heteroatoms. The predicted octanol–water partition coefficient (Wildman–Crippen LogP) is 3.70. The lowest BCUT2D eigenvalue weighted by Crippen LogP contribution is -2.35. The highest BCUT2D eigenvalue weighted by Crippen LogP contribution is 2.31. The summed E-state index contributed by atoms with van der Waals surface area (Å²) < 4.78 is 77.9. The molecular formula is C16H15ClF6N2O2. The molecule has 1 aromatic rings. The molecule has 0 bridgehead atoms. The van der Waals surface area contributed by atoms with Crippen molar-refractivity contribution in [2.24, 2.45) is 0 Å². The Hall–Kier alpha value is -2.23. The third kappa shape index (κ3) is 5.88. The maximum absolute atomic E-state index is 13.8. The highest BCUT2D eigenvalue weighted by molar-refractivity contribution is 6.24. The largest absolute Gasteiger partial charge is 0.416 e. The molecule has 0 unspecified atom stereocenters. The van der Waals surface area contributed by atoms with Crippen molar-refractivity contribution >= 4 is 23.9 Å². The van der Waals surface area contributed by atoms with Crippen LogP contribution in [-0.2, 0) is 22.2 Å². The minimum Gasteiger partial charge on any atom is -0.385 e. The number of rotatable bonds is 7. The van der Waals surface area contributed by atoms with E-state index in [1.165, 1.54) is 0 Å². The number of nitrogens with zero attached hydrogens (tertiary/aromatic N) is 1. The number of nitrogens with one attached hydrogen (secondary N) is 1. The third-order valence-corrected chi connectivity index (χ3v) is 3.81. The standard InChI is InChI=1S/C16H15ClF6N2O2/c1-9(13(24-2)15(17,19)20)14(27)25(8-26)6-5-10-3-4-11(7-12(10)18)16(21,22)23/h3-4,7-8,24H,5-6H2,1-2H3/b13-9-. The van der Waals surface area contributed by atoms with E-state index in [2.05, 4.69) is 5.32 Å². The lowest BCUT2D eigenvalue weighted by atomic mass is 10.1. The number of carbonyl (C=O) groups excluding carboxylic acids is 2. The summed E-state index contributed by atoms with van der Waals surface area (Å²) >= 11 is 4.88. The number of hydrogen-bond donors (Lipinski definition) is 1. The topological polar surface area (TPSA) is 49.4 Å². The number of alkyl halides is 6. The molecule has 0 heterocycles. The third-order valence-electron chi connectivity index (χ3n) is 3.62. The second kappa shape index (κ2) is 8.64. The number of imide groups is 1. The number of halogens is 7. The van der Waals surface area contributed by atoms with Crippen LogP contribution in [0.1, 0.15) is 18.1 Å². The van der Waals surface area contributed by atoms with Crippen LogP contribution in [-0.4, -0.2) is 36.2 Å². The van der Waals surface area contributed by atoms with E-state index in [0.717, 1.165) is 20.0 Å². The fraction of sp³-hybridized carbons (Fsp3) is 0.375. The van der Waals surface area contributed by atoms with Crippen LogP contribution in [0.25, 0.3) is 0 Å². The number of hydrogen-bond acceptors (Lipinski definition) is 3. The highest BCUT2D eigenvalue weighted by atomic mass is 35.5. The van der Waals surface area contributed by atoms with E-state index in [-0.39, 0.29) is 18.4 Å². The summed E-state index contributed by atoms with van der Waals surface area (Å²) in [4.78, 5) is 23.8. The van der Waals surface area contributed by atoms with E-state index < -0.39 is 46.7 Å². The zero-order valence-corrected chi connectivity index (χ0v) is 14.9. The smallest absolute Gasteiger partial charge is 0.385 e. The lowest BCUT2D eigenvalue weighted by molar-refractivity contribution is -0.138. The molecule has 150 valence electrons. The molecule has 1 rings (SSSR count). The fourth-order valence-electron chi connectivity index (χ4n) is 2.23. The summed E-state index contributed by atoms with van der Waals surface area (Å²) in [5, 5.41) is -1.81. The molecular weight excluding hydrogens is 402 g/mol. The quantitative estimate of drug-likeness (QED) is 0.319. The molecule has 0 spiro atoms. The van der Waals surface area contributed by atoms with Crippen LogP contribution >= 0.6 is 11.6 Å². The van der Waals surface area contributed by atoms with Gasteiger partial charge < -0.3 is 5.32 Å². The van der Waals surface area contributed by atoms with Crippen LogP contribution < -0.4 is 5.32 Å². The molecule has 0 fully saturated rings. The number of carbonyl (C=O) groups is 2. The van der Waals surface area contributed by atoms with Crippen LogP contribution in [0.4, 0.5) is 26.3 Å². The van der Waals surface area contributed by atoms with Gasteiger partial charge in [-0.3, -0.25) is 14.5 Å². The van der Waals surface area contributed by atoms with Gasteiger partial charge in [-0.15, -0.1) is 0 Å². The van der Waals surface area contributed by atoms with Crippen LogP contribution in [0.2, 0.25) is 0 Å². The summed E-state index contributed by atoms with van der Waals surface area (Å²) in [6.07, 6.45) is -4.98. The monoisotopic (exact) mass is 416 g/mol. The molecule has 1 aromatic carbocycles. The van der Waals surface area contributed by atoms with E-state index in [0.29, 0.717) is 17.0 Å². The Morgan fingerprint density at radius 1 is 1.26 bits per heavy atom. The number of amides is 2. The molecule has 27 heavy (non-hydrogen) atoms. The normalized spacial score (nSPS) is 13.1. The zero-order chi connectivity index (χ0) is 21.0. The van der Waals surface area contributed by atoms with Crippen molar-refractivity contribution in [3.8, 4) is 0 Å². The van der Waals surface area contributed by atoms with Crippen LogP contribution in [0.15, 0.2) is 29.5 Å². The van der Waals surface area contributed by atoms with Crippen LogP contribution in [0, 0.1) is 5.82 Å². The Labute approximate surface area is 155 Å². The van der Waals surface area contributed by atoms with Gasteiger partial charge in [0.05, 0.1) is 5.56 Å². The average molecular weight is 417 g/mol. The molecule has 1 N–H and O–H groups in total. The zero-order valence-electron chi connectivity index (χ0n) is 14.1. The molecule has 0 aromatic heterocycles. The van der Waals surface area contributed by atoms with Crippen molar-refractivity contribution in [3.05, 3.63) is 46.4 Å². The van der Waals surface area contributed by atoms with Crippen molar-refractivity contribution in [2.75, 3.05) is 13.6 Å². The van der Waals surface area contributed by atoms with Crippen molar-refractivity contribution in [1.82, 2.24) is 10.2 Å². The second-order valence-electron chi connectivity index (χ2n) is 5.41. The predicted molar refractivity (Wildman–Crippen MR) is 85.4 cm³/mol. The Kier molecular flexibility index (Phi) is 7.30. The van der Waals surface area contributed by atoms with Crippen molar-refractivity contribution in [3.63, 3.8) is 0 Å². The molecule has 4 nitrogen and oxygen atoms in total. The number of benzene rings is 1. The van der Waals surface area contributed by atoms with E-state index in [1.807, 2.05) is 0 Å². The summed E-state index contributed by atoms with van der Waals surface area (Å²) in [6, 6.07) is 1.82. The van der Waals surface area contributed by atoms with E-state index in [1.54, 1.807) is 0 Å². The van der Waals surface area contributed by atoms with E-state index in [9.17, 15) is 35.9 Å². The van der Waals surface area contributed by atoms with Gasteiger partial charge in [-0.05, 0) is 42.6 Å². The first kappa shape index (κ1) is 22.8. The highest BCUT2D eigenvalue weighted by Gasteiger charge is 2.35. The molecule has 0 aliphatic heterocycles. The molecule has 0 aliphatic rings. The van der Waals surface area contributed by atoms with Gasteiger partial charge in [0, 0.05) is 19.2 Å². The van der Waals surface area contributed by atoms with Crippen LogP contribution in [0.3, 0.4) is 0 Å². The lowest BCUT2D eigenvalue weighted by Gasteiger charge is -2.20. The number of allylic oxidation sites excluding steroid dienone is 1. The average Bonchev–Trinajstić information content (AvgIpc) is 2.54. The summed E-state index contributed by atoms with van der Waals surface area (Å²) in [7, 11) is 1.10. The summed E-state index contributed by atoms with van der Waals surface area (Å²) in [5.41, 5.74) is -2.83. The van der Waals surface area contributed by atoms with Gasteiger partial charge in [-0.25, -0.2) is 4.39 Å². The van der Waals surface area contributed by atoms with Gasteiger partial charge in [-0.1, -0.05) is 6.07 Å². The summed E-state index contributed by atoms with van der Waals surface area (Å²) in [6.45, 7) is 0.576. The molecule has 0 saturated carbocycles. The Morgan fingerprint density at radius 2 is 1.85 bits per heavy atom. The maximum atomic E-state index is 13.8. The van der Waals surface area contributed by atoms with Crippen molar-refractivity contribution in [2.45, 2.75) is 24.9 Å².